The van der Waals surface area contributed by atoms with Gasteiger partial charge >= 0.3 is 0 Å². The number of rotatable bonds is 9. The number of nitrogens with zero attached hydrogens (tertiary/aromatic N) is 1. The number of carbonyl (C=O) groups is 2. The third-order valence-corrected chi connectivity index (χ3v) is 2.64. The molecule has 2 amide bonds. The Bertz CT molecular complexity index is 351. The van der Waals surface area contributed by atoms with Crippen LogP contribution in [0.5, 0.6) is 0 Å². The summed E-state index contributed by atoms with van der Waals surface area (Å²) >= 11 is 0. The average Bonchev–Trinajstić information content (AvgIpc) is 2.35. The van der Waals surface area contributed by atoms with Crippen LogP contribution in [-0.2, 0) is 9.59 Å². The number of carbonyl (C=O) groups excluding carboxylic acids is 2. The minimum absolute atomic E-state index is 0.0694. The summed E-state index contributed by atoms with van der Waals surface area (Å²) in [6.45, 7) is 10.8. The van der Waals surface area contributed by atoms with Crippen molar-refractivity contribution < 1.29 is 9.59 Å². The fraction of sp³-hybridized carbons (Fsp3) is 0.600. The van der Waals surface area contributed by atoms with E-state index in [4.69, 9.17) is 0 Å². The lowest BCUT2D eigenvalue weighted by molar-refractivity contribution is -0.117. The van der Waals surface area contributed by atoms with Crippen molar-refractivity contribution in [2.75, 3.05) is 20.1 Å². The Hall–Kier alpha value is -1.62. The largest absolute Gasteiger partial charge is 0.350 e. The first-order valence-corrected chi connectivity index (χ1v) is 6.93. The first kappa shape index (κ1) is 18.4. The molecule has 0 aliphatic rings. The first-order valence-electron chi connectivity index (χ1n) is 6.93. The Morgan fingerprint density at radius 3 is 2.40 bits per heavy atom. The van der Waals surface area contributed by atoms with Crippen LogP contribution in [0.4, 0.5) is 0 Å². The molecule has 1 unspecified atom stereocenters. The van der Waals surface area contributed by atoms with Gasteiger partial charge in [-0.15, -0.1) is 0 Å². The van der Waals surface area contributed by atoms with Crippen LogP contribution in [-0.4, -0.2) is 48.9 Å². The smallest absolute Gasteiger partial charge is 0.243 e. The Morgan fingerprint density at radius 2 is 1.85 bits per heavy atom. The highest BCUT2D eigenvalue weighted by Crippen LogP contribution is 1.95. The molecule has 0 aromatic heterocycles. The minimum Gasteiger partial charge on any atom is -0.350 e. The van der Waals surface area contributed by atoms with Gasteiger partial charge in [0.1, 0.15) is 0 Å². The second-order valence-corrected chi connectivity index (χ2v) is 5.23. The van der Waals surface area contributed by atoms with E-state index in [-0.39, 0.29) is 23.9 Å². The van der Waals surface area contributed by atoms with Crippen LogP contribution in [0.1, 0.15) is 27.2 Å². The summed E-state index contributed by atoms with van der Waals surface area (Å²) < 4.78 is 0. The van der Waals surface area contributed by atoms with E-state index >= 15 is 0 Å². The summed E-state index contributed by atoms with van der Waals surface area (Å²) in [6.07, 6.45) is 5.52. The molecule has 0 aliphatic carbocycles. The predicted octanol–water partition coefficient (Wildman–Crippen LogP) is 1.08. The molecule has 0 saturated carbocycles. The molecular weight excluding hydrogens is 254 g/mol. The molecule has 0 aliphatic heterocycles. The highest BCUT2D eigenvalue weighted by atomic mass is 16.2. The van der Waals surface area contributed by atoms with E-state index < -0.39 is 0 Å². The summed E-state index contributed by atoms with van der Waals surface area (Å²) in [4.78, 5) is 24.6. The van der Waals surface area contributed by atoms with E-state index in [1.54, 1.807) is 6.08 Å². The van der Waals surface area contributed by atoms with Crippen LogP contribution in [0.15, 0.2) is 24.8 Å². The van der Waals surface area contributed by atoms with Gasteiger partial charge in [0.25, 0.3) is 0 Å². The maximum absolute atomic E-state index is 11.4. The lowest BCUT2D eigenvalue weighted by atomic mass is 10.2. The maximum atomic E-state index is 11.4. The normalized spacial score (nSPS) is 12.7. The quantitative estimate of drug-likeness (QED) is 0.622. The summed E-state index contributed by atoms with van der Waals surface area (Å²) in [7, 11) is 1.98. The molecule has 20 heavy (non-hydrogen) atoms. The maximum Gasteiger partial charge on any atom is 0.243 e. The van der Waals surface area contributed by atoms with E-state index in [2.05, 4.69) is 22.1 Å². The number of hydrogen-bond donors (Lipinski definition) is 2. The van der Waals surface area contributed by atoms with Crippen LogP contribution < -0.4 is 10.6 Å². The summed E-state index contributed by atoms with van der Waals surface area (Å²) in [5.74, 6) is -0.217. The minimum atomic E-state index is -0.148. The van der Waals surface area contributed by atoms with E-state index in [1.165, 1.54) is 6.08 Å². The number of likely N-dealkylation sites (N-methyl/N-ethyl adjacent to an activating group) is 1. The topological polar surface area (TPSA) is 61.4 Å². The average molecular weight is 281 g/mol. The molecule has 0 heterocycles. The molecule has 0 spiro atoms. The number of nitrogens with one attached hydrogen (secondary N) is 2. The van der Waals surface area contributed by atoms with Gasteiger partial charge in [-0.3, -0.25) is 9.59 Å². The lowest BCUT2D eigenvalue weighted by Crippen LogP contribution is -2.34. The van der Waals surface area contributed by atoms with E-state index in [9.17, 15) is 9.59 Å². The van der Waals surface area contributed by atoms with E-state index in [0.29, 0.717) is 6.54 Å². The van der Waals surface area contributed by atoms with Crippen LogP contribution in [0.3, 0.4) is 0 Å². The van der Waals surface area contributed by atoms with Gasteiger partial charge in [0.2, 0.25) is 11.8 Å². The van der Waals surface area contributed by atoms with Gasteiger partial charge in [-0.2, -0.15) is 0 Å². The molecule has 0 fully saturated rings. The third-order valence-electron chi connectivity index (χ3n) is 2.64. The van der Waals surface area contributed by atoms with Gasteiger partial charge < -0.3 is 15.5 Å². The van der Waals surface area contributed by atoms with Crippen molar-refractivity contribution in [2.24, 2.45) is 0 Å². The lowest BCUT2D eigenvalue weighted by Gasteiger charge is -2.18. The Morgan fingerprint density at radius 1 is 1.20 bits per heavy atom. The second kappa shape index (κ2) is 10.2. The molecular formula is C15H27N3O2. The summed E-state index contributed by atoms with van der Waals surface area (Å²) in [5.41, 5.74) is 0. The van der Waals surface area contributed by atoms with Crippen molar-refractivity contribution in [2.45, 2.75) is 39.3 Å². The number of amides is 2. The van der Waals surface area contributed by atoms with Crippen molar-refractivity contribution in [1.29, 1.82) is 0 Å². The van der Waals surface area contributed by atoms with Crippen LogP contribution in [0, 0.1) is 0 Å². The van der Waals surface area contributed by atoms with Gasteiger partial charge in [-0.1, -0.05) is 12.7 Å². The Kier molecular flexibility index (Phi) is 9.38. The predicted molar refractivity (Wildman–Crippen MR) is 82.3 cm³/mol. The zero-order valence-electron chi connectivity index (χ0n) is 13.0. The molecule has 5 heteroatoms. The Balaban J connectivity index is 3.85. The fourth-order valence-electron chi connectivity index (χ4n) is 1.55. The monoisotopic (exact) mass is 281 g/mol. The second-order valence-electron chi connectivity index (χ2n) is 5.23. The molecule has 5 nitrogen and oxygen atoms in total. The van der Waals surface area contributed by atoms with Crippen LogP contribution >= 0.6 is 0 Å². The molecule has 1 atom stereocenters. The van der Waals surface area contributed by atoms with Crippen LogP contribution in [0.25, 0.3) is 0 Å². The zero-order valence-corrected chi connectivity index (χ0v) is 13.0. The molecule has 114 valence electrons. The molecule has 0 rings (SSSR count). The van der Waals surface area contributed by atoms with Gasteiger partial charge in [0, 0.05) is 31.2 Å². The van der Waals surface area contributed by atoms with Gasteiger partial charge in [0.05, 0.1) is 0 Å². The SMILES string of the molecule is C=CC(=O)NC(C)CCN(C)C/C=C/C(=O)NC(C)C. The van der Waals surface area contributed by atoms with E-state index in [1.807, 2.05) is 33.9 Å². The van der Waals surface area contributed by atoms with Gasteiger partial charge in [-0.25, -0.2) is 0 Å². The molecule has 0 bridgehead atoms. The molecule has 0 saturated heterocycles. The fourth-order valence-corrected chi connectivity index (χ4v) is 1.55. The highest BCUT2D eigenvalue weighted by molar-refractivity contribution is 5.87. The van der Waals surface area contributed by atoms with E-state index in [0.717, 1.165) is 13.0 Å². The number of hydrogen-bond acceptors (Lipinski definition) is 3. The summed E-state index contributed by atoms with van der Waals surface area (Å²) in [6, 6.07) is 0.260. The van der Waals surface area contributed by atoms with Gasteiger partial charge in [-0.05, 0) is 40.3 Å². The molecule has 0 aromatic rings. The van der Waals surface area contributed by atoms with Crippen molar-refractivity contribution in [3.63, 3.8) is 0 Å². The highest BCUT2D eigenvalue weighted by Gasteiger charge is 2.05. The van der Waals surface area contributed by atoms with Crippen molar-refractivity contribution in [3.8, 4) is 0 Å². The van der Waals surface area contributed by atoms with Crippen LogP contribution in [0.2, 0.25) is 0 Å². The van der Waals surface area contributed by atoms with Crippen molar-refractivity contribution in [1.82, 2.24) is 15.5 Å². The molecule has 0 radical (unpaired) electrons. The molecule has 2 N–H and O–H groups in total. The van der Waals surface area contributed by atoms with Crippen molar-refractivity contribution >= 4 is 11.8 Å². The molecule has 0 aromatic carbocycles. The van der Waals surface area contributed by atoms with Gasteiger partial charge in [0.15, 0.2) is 0 Å². The summed E-state index contributed by atoms with van der Waals surface area (Å²) in [5, 5.41) is 5.61. The standard InChI is InChI=1S/C15H27N3O2/c1-6-14(19)17-13(4)9-11-18(5)10-7-8-15(20)16-12(2)3/h6-8,12-13H,1,9-11H2,2-5H3,(H,16,20)(H,17,19)/b8-7+. The first-order chi connectivity index (χ1) is 9.35. The third kappa shape index (κ3) is 10.3. The zero-order chi connectivity index (χ0) is 15.5. The Labute approximate surface area is 122 Å². The van der Waals surface area contributed by atoms with Crippen molar-refractivity contribution in [3.05, 3.63) is 24.8 Å².